The summed E-state index contributed by atoms with van der Waals surface area (Å²) in [6, 6.07) is 16.2. The number of piperidine rings is 1. The Morgan fingerprint density at radius 1 is 1.00 bits per heavy atom. The van der Waals surface area contributed by atoms with Crippen LogP contribution in [0.5, 0.6) is 0 Å². The third-order valence-electron chi connectivity index (χ3n) is 5.05. The van der Waals surface area contributed by atoms with Crippen LogP contribution < -0.4 is 10.9 Å². The minimum Gasteiger partial charge on any atom is -0.349 e. The van der Waals surface area contributed by atoms with Gasteiger partial charge in [-0.2, -0.15) is 5.10 Å². The lowest BCUT2D eigenvalue weighted by Gasteiger charge is -2.32. The topological polar surface area (TPSA) is 95.2 Å². The van der Waals surface area contributed by atoms with Gasteiger partial charge in [0.05, 0.1) is 0 Å². The predicted octanol–water partition coefficient (Wildman–Crippen LogP) is 1.96. The number of H-pyrrole nitrogens is 1. The van der Waals surface area contributed by atoms with E-state index in [1.165, 1.54) is 12.1 Å². The molecule has 1 aliphatic heterocycles. The lowest BCUT2D eigenvalue weighted by molar-refractivity contribution is 0.0691. The Bertz CT molecular complexity index is 1060. The van der Waals surface area contributed by atoms with Crippen LogP contribution in [0.2, 0.25) is 0 Å². The summed E-state index contributed by atoms with van der Waals surface area (Å²) in [7, 11) is 0. The Kier molecular flexibility index (Phi) is 4.89. The van der Waals surface area contributed by atoms with Crippen molar-refractivity contribution in [1.29, 1.82) is 0 Å². The van der Waals surface area contributed by atoms with E-state index in [4.69, 9.17) is 0 Å². The van der Waals surface area contributed by atoms with E-state index in [9.17, 15) is 14.4 Å². The largest absolute Gasteiger partial charge is 0.349 e. The van der Waals surface area contributed by atoms with E-state index in [0.29, 0.717) is 31.5 Å². The van der Waals surface area contributed by atoms with E-state index >= 15 is 0 Å². The van der Waals surface area contributed by atoms with Gasteiger partial charge >= 0.3 is 0 Å². The lowest BCUT2D eigenvalue weighted by atomic mass is 10.0. The maximum absolute atomic E-state index is 12.8. The van der Waals surface area contributed by atoms with Gasteiger partial charge in [0.25, 0.3) is 17.4 Å². The molecule has 7 nitrogen and oxygen atoms in total. The molecule has 4 rings (SSSR count). The summed E-state index contributed by atoms with van der Waals surface area (Å²) in [4.78, 5) is 38.0. The molecule has 1 aliphatic rings. The molecule has 3 aromatic rings. The van der Waals surface area contributed by atoms with Crippen molar-refractivity contribution in [2.24, 2.45) is 0 Å². The van der Waals surface area contributed by atoms with Gasteiger partial charge < -0.3 is 10.2 Å². The van der Waals surface area contributed by atoms with Gasteiger partial charge in [-0.3, -0.25) is 14.4 Å². The summed E-state index contributed by atoms with van der Waals surface area (Å²) >= 11 is 0. The van der Waals surface area contributed by atoms with Crippen LogP contribution >= 0.6 is 0 Å². The predicted molar refractivity (Wildman–Crippen MR) is 105 cm³/mol. The van der Waals surface area contributed by atoms with E-state index in [0.717, 1.165) is 10.8 Å². The minimum absolute atomic E-state index is 0.0130. The molecule has 0 aliphatic carbocycles. The number of likely N-dealkylation sites (tertiary alicyclic amines) is 1. The molecule has 0 unspecified atom stereocenters. The maximum Gasteiger partial charge on any atom is 0.274 e. The van der Waals surface area contributed by atoms with E-state index in [1.807, 2.05) is 42.5 Å². The number of carbonyl (C=O) groups excluding carboxylic acids is 2. The maximum atomic E-state index is 12.8. The van der Waals surface area contributed by atoms with Gasteiger partial charge in [0.2, 0.25) is 0 Å². The zero-order valence-corrected chi connectivity index (χ0v) is 15.2. The molecule has 142 valence electrons. The molecule has 0 bridgehead atoms. The SMILES string of the molecule is O=C(NC1CCN(C(=O)c2ccc(=O)[nH]n2)CC1)c1cccc2ccccc12. The Balaban J connectivity index is 1.39. The van der Waals surface area contributed by atoms with E-state index < -0.39 is 0 Å². The van der Waals surface area contributed by atoms with Crippen LogP contribution in [0, 0.1) is 0 Å². The highest BCUT2D eigenvalue weighted by molar-refractivity contribution is 6.07. The molecule has 1 aromatic heterocycles. The number of aromatic amines is 1. The van der Waals surface area contributed by atoms with Crippen LogP contribution in [0.15, 0.2) is 59.4 Å². The van der Waals surface area contributed by atoms with E-state index in [1.54, 1.807) is 4.90 Å². The Morgan fingerprint density at radius 2 is 1.75 bits per heavy atom. The van der Waals surface area contributed by atoms with Crippen molar-refractivity contribution in [3.63, 3.8) is 0 Å². The average Bonchev–Trinajstić information content (AvgIpc) is 2.74. The third kappa shape index (κ3) is 3.64. The number of nitrogens with zero attached hydrogens (tertiary/aromatic N) is 2. The Hall–Kier alpha value is -3.48. The molecule has 2 heterocycles. The van der Waals surface area contributed by atoms with Crippen molar-refractivity contribution in [3.8, 4) is 0 Å². The molecule has 0 saturated carbocycles. The summed E-state index contributed by atoms with van der Waals surface area (Å²) in [5, 5.41) is 11.1. The summed E-state index contributed by atoms with van der Waals surface area (Å²) in [5.74, 6) is -0.307. The fourth-order valence-electron chi connectivity index (χ4n) is 3.54. The molecule has 2 N–H and O–H groups in total. The molecule has 2 amide bonds. The molecule has 1 saturated heterocycles. The van der Waals surface area contributed by atoms with E-state index in [-0.39, 0.29) is 29.1 Å². The highest BCUT2D eigenvalue weighted by Crippen LogP contribution is 2.19. The number of nitrogens with one attached hydrogen (secondary N) is 2. The summed E-state index contributed by atoms with van der Waals surface area (Å²) < 4.78 is 0. The van der Waals surface area contributed by atoms with Crippen molar-refractivity contribution in [1.82, 2.24) is 20.4 Å². The molecule has 0 radical (unpaired) electrons. The van der Waals surface area contributed by atoms with Crippen LogP contribution in [0.3, 0.4) is 0 Å². The van der Waals surface area contributed by atoms with Gasteiger partial charge in [-0.05, 0) is 35.7 Å². The fourth-order valence-corrected chi connectivity index (χ4v) is 3.54. The third-order valence-corrected chi connectivity index (χ3v) is 5.05. The number of aromatic nitrogens is 2. The molecule has 2 aromatic carbocycles. The molecule has 0 atom stereocenters. The van der Waals surface area contributed by atoms with Crippen molar-refractivity contribution in [3.05, 3.63) is 76.2 Å². The summed E-state index contributed by atoms with van der Waals surface area (Å²) in [6.45, 7) is 1.06. The molecule has 7 heteroatoms. The molecule has 28 heavy (non-hydrogen) atoms. The van der Waals surface area contributed by atoms with E-state index in [2.05, 4.69) is 15.5 Å². The number of amides is 2. The van der Waals surface area contributed by atoms with Crippen LogP contribution in [-0.4, -0.2) is 46.0 Å². The average molecular weight is 376 g/mol. The summed E-state index contributed by atoms with van der Waals surface area (Å²) in [5.41, 5.74) is 0.540. The van der Waals surface area contributed by atoms with Gasteiger partial charge in [-0.25, -0.2) is 5.10 Å². The van der Waals surface area contributed by atoms with Gasteiger partial charge in [0.15, 0.2) is 0 Å². The highest BCUT2D eigenvalue weighted by atomic mass is 16.2. The van der Waals surface area contributed by atoms with Crippen LogP contribution in [0.1, 0.15) is 33.7 Å². The second-order valence-corrected chi connectivity index (χ2v) is 6.87. The molecular formula is C21H20N4O3. The number of hydrogen-bond donors (Lipinski definition) is 2. The second-order valence-electron chi connectivity index (χ2n) is 6.87. The normalized spacial score (nSPS) is 14.8. The first kappa shape index (κ1) is 17.9. The number of rotatable bonds is 3. The fraction of sp³-hybridized carbons (Fsp3) is 0.238. The first-order chi connectivity index (χ1) is 13.6. The molecular weight excluding hydrogens is 356 g/mol. The minimum atomic E-state index is -0.341. The van der Waals surface area contributed by atoms with Crippen molar-refractivity contribution in [2.45, 2.75) is 18.9 Å². The van der Waals surface area contributed by atoms with Gasteiger partial charge in [0, 0.05) is 30.8 Å². The first-order valence-electron chi connectivity index (χ1n) is 9.25. The van der Waals surface area contributed by atoms with Crippen molar-refractivity contribution < 1.29 is 9.59 Å². The van der Waals surface area contributed by atoms with Gasteiger partial charge in [-0.15, -0.1) is 0 Å². The van der Waals surface area contributed by atoms with Crippen molar-refractivity contribution in [2.75, 3.05) is 13.1 Å². The van der Waals surface area contributed by atoms with Crippen LogP contribution in [0.4, 0.5) is 0 Å². The standard InChI is InChI=1S/C21H20N4O3/c26-19-9-8-18(23-24-19)21(28)25-12-10-15(11-13-25)22-20(27)17-7-3-5-14-4-1-2-6-16(14)17/h1-9,15H,10-13H2,(H,22,27)(H,24,26). The number of fused-ring (bicyclic) bond motifs is 1. The molecule has 1 fully saturated rings. The number of carbonyl (C=O) groups is 2. The Labute approximate surface area is 161 Å². The zero-order chi connectivity index (χ0) is 19.5. The summed E-state index contributed by atoms with van der Waals surface area (Å²) in [6.07, 6.45) is 1.34. The smallest absolute Gasteiger partial charge is 0.274 e. The zero-order valence-electron chi connectivity index (χ0n) is 15.2. The van der Waals surface area contributed by atoms with Gasteiger partial charge in [-0.1, -0.05) is 36.4 Å². The number of hydrogen-bond acceptors (Lipinski definition) is 4. The quantitative estimate of drug-likeness (QED) is 0.730. The lowest BCUT2D eigenvalue weighted by Crippen LogP contribution is -2.46. The monoisotopic (exact) mass is 376 g/mol. The Morgan fingerprint density at radius 3 is 2.50 bits per heavy atom. The second kappa shape index (κ2) is 7.64. The molecule has 0 spiro atoms. The first-order valence-corrected chi connectivity index (χ1v) is 9.25. The highest BCUT2D eigenvalue weighted by Gasteiger charge is 2.26. The van der Waals surface area contributed by atoms with Crippen molar-refractivity contribution >= 4 is 22.6 Å². The number of benzene rings is 2. The van der Waals surface area contributed by atoms with Gasteiger partial charge in [0.1, 0.15) is 5.69 Å². The van der Waals surface area contributed by atoms with Crippen LogP contribution in [0.25, 0.3) is 10.8 Å². The van der Waals surface area contributed by atoms with Crippen LogP contribution in [-0.2, 0) is 0 Å².